The molecule has 0 aliphatic carbocycles. The van der Waals surface area contributed by atoms with E-state index >= 15 is 0 Å². The first-order valence-corrected chi connectivity index (χ1v) is 6.76. The molecule has 0 atom stereocenters. The van der Waals surface area contributed by atoms with E-state index in [0.29, 0.717) is 5.75 Å². The Hall–Kier alpha value is -1.17. The Bertz CT molecular complexity index is 394. The molecule has 0 bridgehead atoms. The minimum absolute atomic E-state index is 0.290. The fraction of sp³-hybridized carbons (Fsp3) is 0.571. The molecule has 0 amide bonds. The minimum Gasteiger partial charge on any atom is -0.494 e. The molecule has 1 aliphatic heterocycles. The molecule has 0 saturated carbocycles. The van der Waals surface area contributed by atoms with E-state index in [2.05, 4.69) is 15.5 Å². The standard InChI is InChI=1S/C14H22FN3O/c1-19-14-3-2-12(10-13(14)15)4-5-17-11-18-8-6-16-7-9-18/h2-3,10,16-17H,4-9,11H2,1H3. The number of halogens is 1. The van der Waals surface area contributed by atoms with Gasteiger partial charge in [-0.2, -0.15) is 0 Å². The van der Waals surface area contributed by atoms with Crippen LogP contribution in [-0.4, -0.2) is 51.4 Å². The normalized spacial score (nSPS) is 16.5. The lowest BCUT2D eigenvalue weighted by molar-refractivity contribution is 0.224. The highest BCUT2D eigenvalue weighted by molar-refractivity contribution is 5.29. The van der Waals surface area contributed by atoms with Crippen LogP contribution in [0, 0.1) is 5.82 Å². The lowest BCUT2D eigenvalue weighted by Gasteiger charge is -2.27. The Morgan fingerprint density at radius 1 is 1.37 bits per heavy atom. The molecular formula is C14H22FN3O. The van der Waals surface area contributed by atoms with Crippen LogP contribution in [0.4, 0.5) is 4.39 Å². The Morgan fingerprint density at radius 3 is 2.84 bits per heavy atom. The summed E-state index contributed by atoms with van der Waals surface area (Å²) in [6.45, 7) is 6.06. The minimum atomic E-state index is -0.290. The Morgan fingerprint density at radius 2 is 2.16 bits per heavy atom. The zero-order chi connectivity index (χ0) is 13.5. The van der Waals surface area contributed by atoms with E-state index in [-0.39, 0.29) is 5.82 Å². The fourth-order valence-corrected chi connectivity index (χ4v) is 2.20. The van der Waals surface area contributed by atoms with Crippen molar-refractivity contribution in [1.29, 1.82) is 0 Å². The van der Waals surface area contributed by atoms with Crippen molar-refractivity contribution >= 4 is 0 Å². The fourth-order valence-electron chi connectivity index (χ4n) is 2.20. The van der Waals surface area contributed by atoms with Gasteiger partial charge in [-0.3, -0.25) is 4.90 Å². The highest BCUT2D eigenvalue weighted by atomic mass is 19.1. The van der Waals surface area contributed by atoms with E-state index in [1.165, 1.54) is 7.11 Å². The van der Waals surface area contributed by atoms with Gasteiger partial charge < -0.3 is 15.4 Å². The molecule has 1 aliphatic rings. The van der Waals surface area contributed by atoms with E-state index < -0.39 is 0 Å². The second kappa shape index (κ2) is 7.43. The monoisotopic (exact) mass is 267 g/mol. The summed E-state index contributed by atoms with van der Waals surface area (Å²) in [5.74, 6) is 0.0135. The molecule has 1 fully saturated rings. The number of nitrogens with zero attached hydrogens (tertiary/aromatic N) is 1. The summed E-state index contributed by atoms with van der Waals surface area (Å²) in [5, 5.41) is 6.72. The van der Waals surface area contributed by atoms with Crippen LogP contribution in [0.5, 0.6) is 5.75 Å². The van der Waals surface area contributed by atoms with E-state index in [4.69, 9.17) is 4.74 Å². The zero-order valence-corrected chi connectivity index (χ0v) is 11.4. The predicted molar refractivity (Wildman–Crippen MR) is 74.0 cm³/mol. The number of ether oxygens (including phenoxy) is 1. The second-order valence-electron chi connectivity index (χ2n) is 4.75. The average Bonchev–Trinajstić information content (AvgIpc) is 2.45. The molecule has 2 rings (SSSR count). The van der Waals surface area contributed by atoms with Crippen LogP contribution in [0.25, 0.3) is 0 Å². The van der Waals surface area contributed by atoms with Gasteiger partial charge in [0.25, 0.3) is 0 Å². The Labute approximate surface area is 113 Å². The number of hydrogen-bond donors (Lipinski definition) is 2. The highest BCUT2D eigenvalue weighted by Crippen LogP contribution is 2.17. The van der Waals surface area contributed by atoms with Crippen LogP contribution >= 0.6 is 0 Å². The summed E-state index contributed by atoms with van der Waals surface area (Å²) in [4.78, 5) is 2.38. The molecule has 0 unspecified atom stereocenters. The third-order valence-corrected chi connectivity index (χ3v) is 3.35. The maximum atomic E-state index is 13.5. The summed E-state index contributed by atoms with van der Waals surface area (Å²) >= 11 is 0. The van der Waals surface area contributed by atoms with Gasteiger partial charge in [-0.1, -0.05) is 6.07 Å². The molecule has 0 radical (unpaired) electrons. The van der Waals surface area contributed by atoms with Gasteiger partial charge in [0.2, 0.25) is 0 Å². The first kappa shape index (κ1) is 14.2. The van der Waals surface area contributed by atoms with Crippen molar-refractivity contribution in [2.24, 2.45) is 0 Å². The molecule has 1 heterocycles. The average molecular weight is 267 g/mol. The van der Waals surface area contributed by atoms with Crippen LogP contribution in [0.15, 0.2) is 18.2 Å². The molecule has 1 saturated heterocycles. The number of piperazine rings is 1. The first-order valence-electron chi connectivity index (χ1n) is 6.76. The summed E-state index contributed by atoms with van der Waals surface area (Å²) in [6, 6.07) is 5.14. The molecule has 1 aromatic rings. The van der Waals surface area contributed by atoms with E-state index in [1.807, 2.05) is 6.07 Å². The smallest absolute Gasteiger partial charge is 0.165 e. The van der Waals surface area contributed by atoms with Gasteiger partial charge in [0.05, 0.1) is 7.11 Å². The first-order chi connectivity index (χ1) is 9.29. The third-order valence-electron chi connectivity index (χ3n) is 3.35. The molecule has 4 nitrogen and oxygen atoms in total. The van der Waals surface area contributed by atoms with Gasteiger partial charge in [-0.15, -0.1) is 0 Å². The maximum Gasteiger partial charge on any atom is 0.165 e. The van der Waals surface area contributed by atoms with Crippen molar-refractivity contribution in [3.8, 4) is 5.75 Å². The third kappa shape index (κ3) is 4.45. The molecule has 5 heteroatoms. The highest BCUT2D eigenvalue weighted by Gasteiger charge is 2.08. The van der Waals surface area contributed by atoms with Gasteiger partial charge >= 0.3 is 0 Å². The van der Waals surface area contributed by atoms with Crippen LogP contribution in [0.2, 0.25) is 0 Å². The van der Waals surface area contributed by atoms with Crippen LogP contribution < -0.4 is 15.4 Å². The van der Waals surface area contributed by atoms with Crippen molar-refractivity contribution in [2.45, 2.75) is 6.42 Å². The number of benzene rings is 1. The van der Waals surface area contributed by atoms with E-state index in [0.717, 1.165) is 51.4 Å². The molecular weight excluding hydrogens is 245 g/mol. The van der Waals surface area contributed by atoms with Gasteiger partial charge in [0.15, 0.2) is 11.6 Å². The Kier molecular flexibility index (Phi) is 5.57. The number of methoxy groups -OCH3 is 1. The summed E-state index contributed by atoms with van der Waals surface area (Å²) < 4.78 is 18.4. The van der Waals surface area contributed by atoms with Crippen molar-refractivity contribution in [1.82, 2.24) is 15.5 Å². The van der Waals surface area contributed by atoms with Crippen molar-refractivity contribution in [3.05, 3.63) is 29.6 Å². The predicted octanol–water partition coefficient (Wildman–Crippen LogP) is 0.829. The lowest BCUT2D eigenvalue weighted by atomic mass is 10.1. The molecule has 2 N–H and O–H groups in total. The number of rotatable bonds is 6. The largest absolute Gasteiger partial charge is 0.494 e. The summed E-state index contributed by atoms with van der Waals surface area (Å²) in [7, 11) is 1.48. The van der Waals surface area contributed by atoms with Gasteiger partial charge in [-0.25, -0.2) is 4.39 Å². The lowest BCUT2D eigenvalue weighted by Crippen LogP contribution is -2.47. The van der Waals surface area contributed by atoms with Crippen molar-refractivity contribution < 1.29 is 9.13 Å². The summed E-state index contributed by atoms with van der Waals surface area (Å²) in [6.07, 6.45) is 0.826. The Balaban J connectivity index is 1.69. The van der Waals surface area contributed by atoms with Crippen molar-refractivity contribution in [2.75, 3.05) is 46.5 Å². The number of nitrogens with one attached hydrogen (secondary N) is 2. The van der Waals surface area contributed by atoms with Crippen LogP contribution in [0.1, 0.15) is 5.56 Å². The van der Waals surface area contributed by atoms with Crippen molar-refractivity contribution in [3.63, 3.8) is 0 Å². The topological polar surface area (TPSA) is 36.5 Å². The maximum absolute atomic E-state index is 13.5. The zero-order valence-electron chi connectivity index (χ0n) is 11.4. The molecule has 106 valence electrons. The molecule has 19 heavy (non-hydrogen) atoms. The molecule has 0 spiro atoms. The summed E-state index contributed by atoms with van der Waals surface area (Å²) in [5.41, 5.74) is 0.992. The second-order valence-corrected chi connectivity index (χ2v) is 4.75. The quantitative estimate of drug-likeness (QED) is 0.749. The van der Waals surface area contributed by atoms with E-state index in [1.54, 1.807) is 12.1 Å². The van der Waals surface area contributed by atoms with Gasteiger partial charge in [-0.05, 0) is 24.1 Å². The van der Waals surface area contributed by atoms with Gasteiger partial charge in [0, 0.05) is 39.4 Å². The van der Waals surface area contributed by atoms with E-state index in [9.17, 15) is 4.39 Å². The molecule has 0 aromatic heterocycles. The van der Waals surface area contributed by atoms with Gasteiger partial charge in [0.1, 0.15) is 0 Å². The number of hydrogen-bond acceptors (Lipinski definition) is 4. The van der Waals surface area contributed by atoms with Crippen LogP contribution in [-0.2, 0) is 6.42 Å². The molecule has 1 aromatic carbocycles. The van der Waals surface area contributed by atoms with Crippen LogP contribution in [0.3, 0.4) is 0 Å². The SMILES string of the molecule is COc1ccc(CCNCN2CCNCC2)cc1F.